The molecular formula is C23H26B3FO7S. The lowest BCUT2D eigenvalue weighted by molar-refractivity contribution is -0.183. The van der Waals surface area contributed by atoms with E-state index < -0.39 is 45.7 Å². The summed E-state index contributed by atoms with van der Waals surface area (Å²) in [5, 5.41) is 0. The number of rotatable bonds is 9. The zero-order chi connectivity index (χ0) is 25.5. The van der Waals surface area contributed by atoms with Gasteiger partial charge < -0.3 is 9.47 Å². The molecule has 7 nitrogen and oxygen atoms in total. The van der Waals surface area contributed by atoms with Gasteiger partial charge in [-0.3, -0.25) is 9.35 Å². The second-order valence-electron chi connectivity index (χ2n) is 10.0. The first kappa shape index (κ1) is 26.3. The van der Waals surface area contributed by atoms with Crippen molar-refractivity contribution in [2.75, 3.05) is 6.61 Å². The Morgan fingerprint density at radius 3 is 2.29 bits per heavy atom. The van der Waals surface area contributed by atoms with Crippen LogP contribution < -0.4 is 0 Å². The number of benzene rings is 1. The smallest absolute Gasteiger partial charge is 0.338 e. The molecule has 6 radical (unpaired) electrons. The van der Waals surface area contributed by atoms with E-state index in [1.165, 1.54) is 0 Å². The van der Waals surface area contributed by atoms with Gasteiger partial charge in [0.05, 0.1) is 35.0 Å². The van der Waals surface area contributed by atoms with Crippen LogP contribution in [0.15, 0.2) is 12.1 Å². The van der Waals surface area contributed by atoms with Crippen molar-refractivity contribution < 1.29 is 36.4 Å². The van der Waals surface area contributed by atoms with Gasteiger partial charge in [-0.15, -0.1) is 0 Å². The van der Waals surface area contributed by atoms with Gasteiger partial charge in [0.25, 0.3) is 5.50 Å². The highest BCUT2D eigenvalue weighted by atomic mass is 32.2. The molecule has 5 rings (SSSR count). The maximum Gasteiger partial charge on any atom is 0.338 e. The number of carbonyl (C=O) groups is 2. The number of ether oxygens (including phenoxy) is 2. The van der Waals surface area contributed by atoms with Gasteiger partial charge in [0, 0.05) is 0 Å². The van der Waals surface area contributed by atoms with Gasteiger partial charge in [0.1, 0.15) is 12.2 Å². The topological polar surface area (TPSA) is 107 Å². The minimum Gasteiger partial charge on any atom is -0.461 e. The molecular weight excluding hydrogens is 472 g/mol. The van der Waals surface area contributed by atoms with E-state index in [4.69, 9.17) is 37.6 Å². The van der Waals surface area contributed by atoms with E-state index in [1.807, 2.05) is 6.07 Å². The summed E-state index contributed by atoms with van der Waals surface area (Å²) >= 11 is 0. The molecule has 0 saturated heterocycles. The second-order valence-corrected chi connectivity index (χ2v) is 11.6. The molecule has 4 saturated carbocycles. The van der Waals surface area contributed by atoms with Crippen molar-refractivity contribution in [2.24, 2.45) is 23.7 Å². The lowest BCUT2D eigenvalue weighted by Crippen LogP contribution is -2.58. The summed E-state index contributed by atoms with van der Waals surface area (Å²) in [5.41, 5.74) is -0.947. The Morgan fingerprint density at radius 1 is 1.09 bits per heavy atom. The summed E-state index contributed by atoms with van der Waals surface area (Å²) in [4.78, 5) is 26.1. The third-order valence-corrected chi connectivity index (χ3v) is 8.54. The molecule has 0 aromatic heterocycles. The van der Waals surface area contributed by atoms with Gasteiger partial charge in [0.15, 0.2) is 0 Å². The predicted molar refractivity (Wildman–Crippen MR) is 127 cm³/mol. The van der Waals surface area contributed by atoms with Gasteiger partial charge in [-0.1, -0.05) is 36.2 Å². The fourth-order valence-electron chi connectivity index (χ4n) is 6.56. The number of hydrogen-bond donors (Lipinski definition) is 1. The largest absolute Gasteiger partial charge is 0.461 e. The summed E-state index contributed by atoms with van der Waals surface area (Å²) in [7, 11) is 12.6. The molecule has 35 heavy (non-hydrogen) atoms. The van der Waals surface area contributed by atoms with Crippen molar-refractivity contribution in [3.63, 3.8) is 0 Å². The molecule has 0 aliphatic heterocycles. The maximum atomic E-state index is 13.5. The molecule has 3 unspecified atom stereocenters. The Bertz CT molecular complexity index is 1100. The standard InChI is InChI=1S/C23H26B3FO7S/c24-8-13-3-16(9-25)18(10-26)17(4-13)21(28)34-23-5-12-1-14(6-23)20(15(2-12)7-23)22(29)33-11-19(27)35(30,31)32/h3-4,12,14-15,19-20H,1-2,5-11H2,(H,30,31,32). The third kappa shape index (κ3) is 5.19. The van der Waals surface area contributed by atoms with Crippen molar-refractivity contribution in [1.29, 1.82) is 0 Å². The zero-order valence-electron chi connectivity index (χ0n) is 19.3. The van der Waals surface area contributed by atoms with Crippen LogP contribution in [0.3, 0.4) is 0 Å². The van der Waals surface area contributed by atoms with E-state index in [0.717, 1.165) is 24.0 Å². The van der Waals surface area contributed by atoms with Crippen LogP contribution in [-0.4, -0.2) is 66.2 Å². The first-order valence-electron chi connectivity index (χ1n) is 11.8. The highest BCUT2D eigenvalue weighted by molar-refractivity contribution is 7.86. The van der Waals surface area contributed by atoms with Gasteiger partial charge in [-0.05, 0) is 61.5 Å². The van der Waals surface area contributed by atoms with Crippen molar-refractivity contribution >= 4 is 45.6 Å². The Morgan fingerprint density at radius 2 is 1.74 bits per heavy atom. The van der Waals surface area contributed by atoms with Crippen molar-refractivity contribution in [3.05, 3.63) is 34.4 Å². The molecule has 4 aliphatic rings. The predicted octanol–water partition coefficient (Wildman–Crippen LogP) is 1.77. The van der Waals surface area contributed by atoms with Gasteiger partial charge in [-0.25, -0.2) is 9.18 Å². The number of carbonyl (C=O) groups excluding carboxylic acids is 2. The maximum absolute atomic E-state index is 13.5. The summed E-state index contributed by atoms with van der Waals surface area (Å²) in [6.45, 7) is -1.06. The molecule has 3 atom stereocenters. The molecule has 0 spiro atoms. The highest BCUT2D eigenvalue weighted by Gasteiger charge is 2.59. The Hall–Kier alpha value is -1.81. The summed E-state index contributed by atoms with van der Waals surface area (Å²) in [6, 6.07) is 3.52. The van der Waals surface area contributed by atoms with Crippen LogP contribution in [-0.2, 0) is 43.3 Å². The van der Waals surface area contributed by atoms with Gasteiger partial charge >= 0.3 is 22.1 Å². The first-order chi connectivity index (χ1) is 16.5. The molecule has 12 heteroatoms. The highest BCUT2D eigenvalue weighted by Crippen LogP contribution is 2.60. The zero-order valence-corrected chi connectivity index (χ0v) is 20.1. The first-order valence-corrected chi connectivity index (χ1v) is 13.3. The fourth-order valence-corrected chi connectivity index (χ4v) is 6.80. The average Bonchev–Trinajstić information content (AvgIpc) is 2.79. The molecule has 0 heterocycles. The monoisotopic (exact) mass is 498 g/mol. The molecule has 0 amide bonds. The number of halogens is 1. The van der Waals surface area contributed by atoms with Crippen molar-refractivity contribution in [1.82, 2.24) is 0 Å². The molecule has 1 aromatic carbocycles. The minimum absolute atomic E-state index is 0.121. The van der Waals surface area contributed by atoms with Crippen LogP contribution in [0.25, 0.3) is 0 Å². The molecule has 182 valence electrons. The van der Waals surface area contributed by atoms with E-state index in [0.29, 0.717) is 30.4 Å². The quantitative estimate of drug-likeness (QED) is 0.315. The van der Waals surface area contributed by atoms with Crippen molar-refractivity contribution in [3.8, 4) is 0 Å². The summed E-state index contributed by atoms with van der Waals surface area (Å²) in [5.74, 6) is -1.69. The van der Waals surface area contributed by atoms with Crippen molar-refractivity contribution in [2.45, 2.75) is 62.2 Å². The summed E-state index contributed by atoms with van der Waals surface area (Å²) in [6.07, 6.45) is 3.68. The van der Waals surface area contributed by atoms with Crippen LogP contribution >= 0.6 is 0 Å². The number of hydrogen-bond acceptors (Lipinski definition) is 6. The minimum atomic E-state index is -4.94. The Balaban J connectivity index is 1.51. The SMILES string of the molecule is [B]Cc1cc(C[B])c(C[B])c(C(=O)OC23CC4CC(C2)C(C(=O)OCC(F)S(=O)(=O)O)C(C4)C3)c1. The van der Waals surface area contributed by atoms with E-state index >= 15 is 0 Å². The molecule has 4 fully saturated rings. The van der Waals surface area contributed by atoms with E-state index in [9.17, 15) is 22.4 Å². The molecule has 4 aliphatic carbocycles. The second kappa shape index (κ2) is 9.92. The van der Waals surface area contributed by atoms with E-state index in [-0.39, 0.29) is 36.7 Å². The van der Waals surface area contributed by atoms with E-state index in [2.05, 4.69) is 0 Å². The van der Waals surface area contributed by atoms with Crippen LogP contribution in [0.2, 0.25) is 0 Å². The van der Waals surface area contributed by atoms with Gasteiger partial charge in [0.2, 0.25) is 0 Å². The average molecular weight is 498 g/mol. The molecule has 1 N–H and O–H groups in total. The lowest BCUT2D eigenvalue weighted by Gasteiger charge is -2.58. The van der Waals surface area contributed by atoms with Crippen LogP contribution in [0.4, 0.5) is 4.39 Å². The Labute approximate surface area is 208 Å². The van der Waals surface area contributed by atoms with E-state index in [1.54, 1.807) is 6.07 Å². The van der Waals surface area contributed by atoms with Gasteiger partial charge in [-0.2, -0.15) is 8.42 Å². The lowest BCUT2D eigenvalue weighted by atomic mass is 9.50. The number of alkyl halides is 1. The fraction of sp³-hybridized carbons (Fsp3) is 0.652. The Kier molecular flexibility index (Phi) is 7.44. The van der Waals surface area contributed by atoms with Crippen LogP contribution in [0, 0.1) is 23.7 Å². The third-order valence-electron chi connectivity index (χ3n) is 7.76. The summed E-state index contributed by atoms with van der Waals surface area (Å²) < 4.78 is 55.1. The van der Waals surface area contributed by atoms with Crippen LogP contribution in [0.1, 0.15) is 59.2 Å². The van der Waals surface area contributed by atoms with Crippen LogP contribution in [0.5, 0.6) is 0 Å². The number of esters is 2. The normalized spacial score (nSPS) is 30.1. The molecule has 1 aromatic rings. The molecule has 4 bridgehead atoms.